The van der Waals surface area contributed by atoms with Crippen molar-refractivity contribution in [1.82, 2.24) is 0 Å². The summed E-state index contributed by atoms with van der Waals surface area (Å²) < 4.78 is 10.3. The number of hydrogen-bond acceptors (Lipinski definition) is 4. The third kappa shape index (κ3) is 1.10. The van der Waals surface area contributed by atoms with Gasteiger partial charge < -0.3 is 20.3 Å². The predicted molar refractivity (Wildman–Crippen MR) is 47.1 cm³/mol. The maximum absolute atomic E-state index is 9.42. The molecule has 1 aliphatic rings. The first-order valence-corrected chi connectivity index (χ1v) is 4.02. The van der Waals surface area contributed by atoms with Crippen LogP contribution in [0, 0.1) is 0 Å². The van der Waals surface area contributed by atoms with Crippen molar-refractivity contribution in [2.24, 2.45) is 5.73 Å². The number of ether oxygens (including phenoxy) is 2. The Kier molecular flexibility index (Phi) is 1.77. The standard InChI is InChI=1S/C9H11NO3/c1-12-9-7(11)3-2-5-6(10)4-13-8(5)9/h2-3,6,11H,4,10H2,1H3. The van der Waals surface area contributed by atoms with E-state index in [9.17, 15) is 5.11 Å². The van der Waals surface area contributed by atoms with Crippen LogP contribution in [-0.4, -0.2) is 18.8 Å². The molecule has 70 valence electrons. The van der Waals surface area contributed by atoms with Crippen LogP contribution in [0.1, 0.15) is 11.6 Å². The molecule has 0 amide bonds. The zero-order valence-corrected chi connectivity index (χ0v) is 7.28. The molecule has 0 aliphatic carbocycles. The van der Waals surface area contributed by atoms with Gasteiger partial charge in [0.15, 0.2) is 11.5 Å². The van der Waals surface area contributed by atoms with Crippen molar-refractivity contribution in [2.75, 3.05) is 13.7 Å². The van der Waals surface area contributed by atoms with Gasteiger partial charge in [0, 0.05) is 5.56 Å². The van der Waals surface area contributed by atoms with E-state index in [2.05, 4.69) is 0 Å². The molecule has 1 heterocycles. The van der Waals surface area contributed by atoms with E-state index in [1.807, 2.05) is 0 Å². The van der Waals surface area contributed by atoms with E-state index in [1.165, 1.54) is 7.11 Å². The first kappa shape index (κ1) is 8.19. The maximum Gasteiger partial charge on any atom is 0.203 e. The van der Waals surface area contributed by atoms with E-state index in [-0.39, 0.29) is 11.8 Å². The van der Waals surface area contributed by atoms with Crippen LogP contribution in [0.15, 0.2) is 12.1 Å². The summed E-state index contributed by atoms with van der Waals surface area (Å²) in [6, 6.07) is 3.20. The number of nitrogens with two attached hydrogens (primary N) is 1. The highest BCUT2D eigenvalue weighted by molar-refractivity contribution is 5.57. The van der Waals surface area contributed by atoms with Crippen LogP contribution in [0.2, 0.25) is 0 Å². The molecule has 1 aromatic rings. The van der Waals surface area contributed by atoms with Gasteiger partial charge in [-0.15, -0.1) is 0 Å². The summed E-state index contributed by atoms with van der Waals surface area (Å²) in [4.78, 5) is 0. The second-order valence-electron chi connectivity index (χ2n) is 2.95. The summed E-state index contributed by atoms with van der Waals surface area (Å²) in [6.07, 6.45) is 0. The Labute approximate surface area is 75.9 Å². The van der Waals surface area contributed by atoms with Crippen molar-refractivity contribution >= 4 is 0 Å². The van der Waals surface area contributed by atoms with E-state index in [4.69, 9.17) is 15.2 Å². The number of fused-ring (bicyclic) bond motifs is 1. The highest BCUT2D eigenvalue weighted by Crippen LogP contribution is 2.44. The number of phenolic OH excluding ortho intramolecular Hbond substituents is 1. The molecule has 0 radical (unpaired) electrons. The number of aromatic hydroxyl groups is 1. The van der Waals surface area contributed by atoms with Gasteiger partial charge >= 0.3 is 0 Å². The van der Waals surface area contributed by atoms with Gasteiger partial charge in [-0.1, -0.05) is 0 Å². The minimum Gasteiger partial charge on any atom is -0.504 e. The average molecular weight is 181 g/mol. The van der Waals surface area contributed by atoms with Crippen molar-refractivity contribution in [3.8, 4) is 17.2 Å². The molecule has 3 N–H and O–H groups in total. The van der Waals surface area contributed by atoms with E-state index < -0.39 is 0 Å². The highest BCUT2D eigenvalue weighted by Gasteiger charge is 2.25. The molecule has 4 nitrogen and oxygen atoms in total. The SMILES string of the molecule is COc1c(O)ccc2c1OCC2N. The van der Waals surface area contributed by atoms with E-state index in [1.54, 1.807) is 12.1 Å². The number of rotatable bonds is 1. The fourth-order valence-electron chi connectivity index (χ4n) is 1.47. The topological polar surface area (TPSA) is 64.7 Å². The number of benzene rings is 1. The molecule has 0 saturated carbocycles. The fraction of sp³-hybridized carbons (Fsp3) is 0.333. The van der Waals surface area contributed by atoms with Crippen LogP contribution < -0.4 is 15.2 Å². The predicted octanol–water partition coefficient (Wildman–Crippen LogP) is 0.793. The Bertz CT molecular complexity index is 338. The Balaban J connectivity index is 2.57. The van der Waals surface area contributed by atoms with E-state index in [0.29, 0.717) is 18.1 Å². The first-order valence-electron chi connectivity index (χ1n) is 4.02. The lowest BCUT2D eigenvalue weighted by atomic mass is 10.1. The summed E-state index contributed by atoms with van der Waals surface area (Å²) in [6.45, 7) is 0.440. The molecule has 1 aromatic carbocycles. The van der Waals surface area contributed by atoms with Crippen LogP contribution in [0.25, 0.3) is 0 Å². The molecule has 1 atom stereocenters. The molecule has 1 unspecified atom stereocenters. The molecule has 13 heavy (non-hydrogen) atoms. The Hall–Kier alpha value is -1.42. The van der Waals surface area contributed by atoms with E-state index >= 15 is 0 Å². The molecular formula is C9H11NO3. The van der Waals surface area contributed by atoms with E-state index in [0.717, 1.165) is 5.56 Å². The fourth-order valence-corrected chi connectivity index (χ4v) is 1.47. The zero-order chi connectivity index (χ0) is 9.42. The second-order valence-corrected chi connectivity index (χ2v) is 2.95. The summed E-state index contributed by atoms with van der Waals surface area (Å²) in [5, 5.41) is 9.42. The summed E-state index contributed by atoms with van der Waals surface area (Å²) in [5.41, 5.74) is 6.64. The normalized spacial score (nSPS) is 19.4. The first-order chi connectivity index (χ1) is 6.24. The van der Waals surface area contributed by atoms with Crippen molar-refractivity contribution < 1.29 is 14.6 Å². The lowest BCUT2D eigenvalue weighted by Crippen LogP contribution is -2.10. The maximum atomic E-state index is 9.42. The molecule has 0 fully saturated rings. The summed E-state index contributed by atoms with van der Waals surface area (Å²) >= 11 is 0. The van der Waals surface area contributed by atoms with Crippen LogP contribution in [0.5, 0.6) is 17.2 Å². The molecule has 1 aliphatic heterocycles. The van der Waals surface area contributed by atoms with Crippen molar-refractivity contribution in [3.05, 3.63) is 17.7 Å². The van der Waals surface area contributed by atoms with Gasteiger partial charge in [-0.05, 0) is 12.1 Å². The molecule has 0 bridgehead atoms. The minimum absolute atomic E-state index is 0.0790. The Morgan fingerprint density at radius 3 is 3.08 bits per heavy atom. The summed E-state index contributed by atoms with van der Waals surface area (Å²) in [5.74, 6) is 1.01. The minimum atomic E-state index is -0.121. The Morgan fingerprint density at radius 2 is 2.38 bits per heavy atom. The molecular weight excluding hydrogens is 170 g/mol. The van der Waals surface area contributed by atoms with Crippen LogP contribution in [-0.2, 0) is 0 Å². The van der Waals surface area contributed by atoms with Gasteiger partial charge in [0.2, 0.25) is 5.75 Å². The largest absolute Gasteiger partial charge is 0.504 e. The average Bonchev–Trinajstić information content (AvgIpc) is 2.48. The Morgan fingerprint density at radius 1 is 1.62 bits per heavy atom. The molecule has 0 aromatic heterocycles. The smallest absolute Gasteiger partial charge is 0.203 e. The van der Waals surface area contributed by atoms with Crippen LogP contribution in [0.3, 0.4) is 0 Å². The third-order valence-corrected chi connectivity index (χ3v) is 2.13. The van der Waals surface area contributed by atoms with Gasteiger partial charge in [0.05, 0.1) is 13.2 Å². The highest BCUT2D eigenvalue weighted by atomic mass is 16.5. The quantitative estimate of drug-likeness (QED) is 0.672. The lowest BCUT2D eigenvalue weighted by Gasteiger charge is -2.07. The van der Waals surface area contributed by atoms with Crippen molar-refractivity contribution in [3.63, 3.8) is 0 Å². The summed E-state index contributed by atoms with van der Waals surface area (Å²) in [7, 11) is 1.49. The molecule has 4 heteroatoms. The number of hydrogen-bond donors (Lipinski definition) is 2. The molecule has 0 saturated heterocycles. The van der Waals surface area contributed by atoms with Crippen molar-refractivity contribution in [1.29, 1.82) is 0 Å². The monoisotopic (exact) mass is 181 g/mol. The van der Waals surface area contributed by atoms with Gasteiger partial charge in [0.1, 0.15) is 6.61 Å². The van der Waals surface area contributed by atoms with Crippen LogP contribution >= 0.6 is 0 Å². The number of phenols is 1. The van der Waals surface area contributed by atoms with Gasteiger partial charge in [0.25, 0.3) is 0 Å². The zero-order valence-electron chi connectivity index (χ0n) is 7.28. The van der Waals surface area contributed by atoms with Gasteiger partial charge in [-0.25, -0.2) is 0 Å². The number of methoxy groups -OCH3 is 1. The van der Waals surface area contributed by atoms with Crippen molar-refractivity contribution in [2.45, 2.75) is 6.04 Å². The molecule has 0 spiro atoms. The third-order valence-electron chi connectivity index (χ3n) is 2.13. The second kappa shape index (κ2) is 2.81. The molecule has 2 rings (SSSR count). The van der Waals surface area contributed by atoms with Crippen LogP contribution in [0.4, 0.5) is 0 Å². The van der Waals surface area contributed by atoms with Gasteiger partial charge in [-0.2, -0.15) is 0 Å². The lowest BCUT2D eigenvalue weighted by molar-refractivity contribution is 0.302. The van der Waals surface area contributed by atoms with Gasteiger partial charge in [-0.3, -0.25) is 0 Å².